The van der Waals surface area contributed by atoms with E-state index in [1.54, 1.807) is 19.1 Å². The summed E-state index contributed by atoms with van der Waals surface area (Å²) in [4.78, 5) is 13.9. The van der Waals surface area contributed by atoms with Gasteiger partial charge in [0.1, 0.15) is 23.8 Å². The van der Waals surface area contributed by atoms with Gasteiger partial charge in [-0.15, -0.1) is 0 Å². The van der Waals surface area contributed by atoms with Crippen molar-refractivity contribution in [2.24, 2.45) is 0 Å². The molecule has 2 aliphatic heterocycles. The molecular formula is C23H24F4N2O3S. The van der Waals surface area contributed by atoms with Gasteiger partial charge >= 0.3 is 0 Å². The lowest BCUT2D eigenvalue weighted by Gasteiger charge is -2.34. The molecule has 0 aliphatic carbocycles. The number of amides is 1. The fourth-order valence-electron chi connectivity index (χ4n) is 4.22. The number of nitrogens with zero attached hydrogens (tertiary/aromatic N) is 1. The molecule has 10 heteroatoms. The highest BCUT2D eigenvalue weighted by Crippen LogP contribution is 2.37. The Labute approximate surface area is 191 Å². The zero-order valence-corrected chi connectivity index (χ0v) is 18.7. The van der Waals surface area contributed by atoms with E-state index in [2.05, 4.69) is 4.72 Å². The molecule has 0 saturated carbocycles. The highest BCUT2D eigenvalue weighted by Gasteiger charge is 2.57. The third-order valence-corrected chi connectivity index (χ3v) is 7.08. The fourth-order valence-corrected chi connectivity index (χ4v) is 5.00. The predicted octanol–water partition coefficient (Wildman–Crippen LogP) is 3.45. The van der Waals surface area contributed by atoms with Crippen LogP contribution < -0.4 is 4.72 Å². The molecule has 0 spiro atoms. The van der Waals surface area contributed by atoms with Crippen molar-refractivity contribution >= 4 is 16.9 Å². The minimum Gasteiger partial charge on any atom is -0.368 e. The molecule has 0 aromatic heterocycles. The van der Waals surface area contributed by atoms with Crippen molar-refractivity contribution < 1.29 is 31.3 Å². The Kier molecular flexibility index (Phi) is 6.88. The van der Waals surface area contributed by atoms with E-state index < -0.39 is 59.2 Å². The summed E-state index contributed by atoms with van der Waals surface area (Å²) in [5.41, 5.74) is 0.531. The second kappa shape index (κ2) is 9.52. The molecule has 2 aromatic rings. The standard InChI is InChI=1S/C23H24F4N2O3S/c1-2-33(31)28-21-18(29(13-23(21,26)27)22(30)19-9-10-32-19)12-15-6-4-8-17(20(15)25)14-5-3-7-16(24)11-14/h3-8,11,18-19,21,28H,2,9-10,12-13H2,1H3/t18-,19+,21+,33?/m0/s1. The first kappa shape index (κ1) is 23.8. The van der Waals surface area contributed by atoms with Crippen molar-refractivity contribution in [3.63, 3.8) is 0 Å². The molecule has 2 aliphatic rings. The van der Waals surface area contributed by atoms with Crippen LogP contribution in [0.15, 0.2) is 42.5 Å². The lowest BCUT2D eigenvalue weighted by atomic mass is 9.95. The molecule has 4 rings (SSSR count). The lowest BCUT2D eigenvalue weighted by molar-refractivity contribution is -0.158. The number of rotatable bonds is 7. The van der Waals surface area contributed by atoms with Crippen LogP contribution in [-0.2, 0) is 26.9 Å². The molecular weight excluding hydrogens is 460 g/mol. The van der Waals surface area contributed by atoms with Crippen molar-refractivity contribution in [2.75, 3.05) is 18.9 Å². The van der Waals surface area contributed by atoms with Crippen molar-refractivity contribution in [2.45, 2.75) is 43.9 Å². The first-order valence-electron chi connectivity index (χ1n) is 10.7. The van der Waals surface area contributed by atoms with Gasteiger partial charge in [0.15, 0.2) is 0 Å². The number of alkyl halides is 2. The van der Waals surface area contributed by atoms with Gasteiger partial charge in [-0.2, -0.15) is 0 Å². The molecule has 1 amide bonds. The topological polar surface area (TPSA) is 58.6 Å². The monoisotopic (exact) mass is 484 g/mol. The van der Waals surface area contributed by atoms with Gasteiger partial charge in [-0.3, -0.25) is 4.79 Å². The summed E-state index contributed by atoms with van der Waals surface area (Å²) < 4.78 is 78.8. The Morgan fingerprint density at radius 2 is 1.97 bits per heavy atom. The summed E-state index contributed by atoms with van der Waals surface area (Å²) in [6, 6.07) is 7.13. The average Bonchev–Trinajstić information content (AvgIpc) is 2.98. The smallest absolute Gasteiger partial charge is 0.283 e. The van der Waals surface area contributed by atoms with E-state index in [1.165, 1.54) is 30.3 Å². The molecule has 2 fully saturated rings. The summed E-state index contributed by atoms with van der Waals surface area (Å²) in [5.74, 6) is -5.06. The second-order valence-electron chi connectivity index (χ2n) is 8.17. The minimum atomic E-state index is -3.37. The van der Waals surface area contributed by atoms with E-state index in [4.69, 9.17) is 4.74 Å². The maximum Gasteiger partial charge on any atom is 0.283 e. The molecule has 0 radical (unpaired) electrons. The van der Waals surface area contributed by atoms with Crippen molar-refractivity contribution in [3.05, 3.63) is 59.7 Å². The Hall–Kier alpha value is -2.30. The first-order valence-corrected chi connectivity index (χ1v) is 12.0. The third kappa shape index (κ3) is 4.83. The van der Waals surface area contributed by atoms with Gasteiger partial charge < -0.3 is 9.64 Å². The molecule has 178 valence electrons. The zero-order valence-electron chi connectivity index (χ0n) is 17.9. The summed E-state index contributed by atoms with van der Waals surface area (Å²) >= 11 is 0. The Balaban J connectivity index is 1.69. The maximum atomic E-state index is 15.4. The first-order chi connectivity index (χ1) is 15.7. The van der Waals surface area contributed by atoms with Crippen LogP contribution in [0.4, 0.5) is 17.6 Å². The fraction of sp³-hybridized carbons (Fsp3) is 0.435. The summed E-state index contributed by atoms with van der Waals surface area (Å²) in [5, 5.41) is 0. The summed E-state index contributed by atoms with van der Waals surface area (Å²) in [7, 11) is -1.75. The average molecular weight is 485 g/mol. The van der Waals surface area contributed by atoms with Crippen LogP contribution in [0.25, 0.3) is 11.1 Å². The number of nitrogens with one attached hydrogen (secondary N) is 1. The van der Waals surface area contributed by atoms with Crippen molar-refractivity contribution in [1.82, 2.24) is 9.62 Å². The molecule has 2 aromatic carbocycles. The minimum absolute atomic E-state index is 0.0980. The highest BCUT2D eigenvalue weighted by atomic mass is 32.2. The van der Waals surface area contributed by atoms with Gasteiger partial charge in [0, 0.05) is 17.7 Å². The van der Waals surface area contributed by atoms with Crippen LogP contribution in [0, 0.1) is 11.6 Å². The number of benzene rings is 2. The van der Waals surface area contributed by atoms with Gasteiger partial charge in [-0.1, -0.05) is 37.3 Å². The Morgan fingerprint density at radius 1 is 1.24 bits per heavy atom. The van der Waals surface area contributed by atoms with Crippen LogP contribution >= 0.6 is 0 Å². The number of hydrogen-bond acceptors (Lipinski definition) is 3. The van der Waals surface area contributed by atoms with E-state index in [0.29, 0.717) is 18.6 Å². The van der Waals surface area contributed by atoms with Crippen LogP contribution in [0.3, 0.4) is 0 Å². The zero-order chi connectivity index (χ0) is 23.8. The van der Waals surface area contributed by atoms with Crippen molar-refractivity contribution in [3.8, 4) is 11.1 Å². The van der Waals surface area contributed by atoms with E-state index >= 15 is 4.39 Å². The molecule has 4 atom stereocenters. The van der Waals surface area contributed by atoms with Gasteiger partial charge in [0.2, 0.25) is 0 Å². The normalized spacial score (nSPS) is 25.0. The number of carbonyl (C=O) groups is 1. The molecule has 1 unspecified atom stereocenters. The second-order valence-corrected chi connectivity index (χ2v) is 9.67. The molecule has 2 heterocycles. The van der Waals surface area contributed by atoms with Crippen LogP contribution in [0.5, 0.6) is 0 Å². The number of halogens is 4. The highest BCUT2D eigenvalue weighted by molar-refractivity contribution is 7.83. The molecule has 1 N–H and O–H groups in total. The van der Waals surface area contributed by atoms with Gasteiger partial charge in [0.05, 0.1) is 30.2 Å². The molecule has 33 heavy (non-hydrogen) atoms. The number of carbonyl (C=O) groups excluding carboxylic acids is 1. The van der Waals surface area contributed by atoms with Gasteiger partial charge in [0.25, 0.3) is 11.8 Å². The summed E-state index contributed by atoms with van der Waals surface area (Å²) in [6.45, 7) is 1.08. The van der Waals surface area contributed by atoms with E-state index in [1.807, 2.05) is 0 Å². The van der Waals surface area contributed by atoms with Gasteiger partial charge in [-0.25, -0.2) is 26.5 Å². The number of likely N-dealkylation sites (tertiary alicyclic amines) is 1. The van der Waals surface area contributed by atoms with Crippen molar-refractivity contribution in [1.29, 1.82) is 0 Å². The Bertz CT molecular complexity index is 1060. The number of hydrogen-bond donors (Lipinski definition) is 1. The molecule has 5 nitrogen and oxygen atoms in total. The van der Waals surface area contributed by atoms with E-state index in [9.17, 15) is 22.2 Å². The summed E-state index contributed by atoms with van der Waals surface area (Å²) in [6.07, 6.45) is -0.611. The van der Waals surface area contributed by atoms with Crippen LogP contribution in [0.2, 0.25) is 0 Å². The quantitative estimate of drug-likeness (QED) is 0.613. The molecule has 2 saturated heterocycles. The lowest BCUT2D eigenvalue weighted by Crippen LogP contribution is -2.53. The largest absolute Gasteiger partial charge is 0.368 e. The predicted molar refractivity (Wildman–Crippen MR) is 116 cm³/mol. The van der Waals surface area contributed by atoms with Gasteiger partial charge in [-0.05, 0) is 29.7 Å². The maximum absolute atomic E-state index is 15.4. The van der Waals surface area contributed by atoms with Crippen LogP contribution in [0.1, 0.15) is 18.9 Å². The van der Waals surface area contributed by atoms with E-state index in [-0.39, 0.29) is 23.3 Å². The Morgan fingerprint density at radius 3 is 2.61 bits per heavy atom. The third-order valence-electron chi connectivity index (χ3n) is 6.04. The number of ether oxygens (including phenoxy) is 1. The SMILES string of the molecule is CCS(=O)N[C@@H]1[C@H](Cc2cccc(-c3cccc(F)c3)c2F)N(C(=O)[C@H]2CCO2)CC1(F)F. The van der Waals surface area contributed by atoms with Crippen LogP contribution in [-0.4, -0.2) is 58.0 Å². The molecule has 0 bridgehead atoms. The van der Waals surface area contributed by atoms with E-state index in [0.717, 1.165) is 4.90 Å².